The SMILES string of the molecule is O=c1[nH]c2ccc(S(=O)(=O)N3CCOC(Cc4ccccc4)C3)cc2[nH]1. The molecule has 0 amide bonds. The fourth-order valence-corrected chi connectivity index (χ4v) is 4.71. The molecule has 7 nitrogen and oxygen atoms in total. The molecule has 0 aliphatic carbocycles. The number of ether oxygens (including phenoxy) is 1. The van der Waals surface area contributed by atoms with Crippen molar-refractivity contribution in [1.82, 2.24) is 14.3 Å². The molecule has 1 aliphatic heterocycles. The number of aromatic amines is 2. The first-order chi connectivity index (χ1) is 12.5. The number of imidazole rings is 1. The second kappa shape index (κ2) is 6.71. The number of aromatic nitrogens is 2. The van der Waals surface area contributed by atoms with Crippen LogP contribution in [0.5, 0.6) is 0 Å². The van der Waals surface area contributed by atoms with Crippen molar-refractivity contribution in [3.05, 3.63) is 64.6 Å². The van der Waals surface area contributed by atoms with Gasteiger partial charge in [-0.25, -0.2) is 13.2 Å². The number of fused-ring (bicyclic) bond motifs is 1. The van der Waals surface area contributed by atoms with Crippen LogP contribution < -0.4 is 5.69 Å². The lowest BCUT2D eigenvalue weighted by Crippen LogP contribution is -2.46. The highest BCUT2D eigenvalue weighted by atomic mass is 32.2. The third-order valence-electron chi connectivity index (χ3n) is 4.53. The number of nitrogens with zero attached hydrogens (tertiary/aromatic N) is 1. The van der Waals surface area contributed by atoms with Crippen LogP contribution in [0, 0.1) is 0 Å². The van der Waals surface area contributed by atoms with Crippen molar-refractivity contribution in [2.75, 3.05) is 19.7 Å². The maximum absolute atomic E-state index is 13.0. The zero-order valence-corrected chi connectivity index (χ0v) is 14.8. The number of sulfonamides is 1. The first-order valence-corrected chi connectivity index (χ1v) is 9.84. The van der Waals surface area contributed by atoms with Crippen molar-refractivity contribution < 1.29 is 13.2 Å². The fraction of sp³-hybridized carbons (Fsp3) is 0.278. The van der Waals surface area contributed by atoms with Crippen LogP contribution in [0.1, 0.15) is 5.56 Å². The van der Waals surface area contributed by atoms with Gasteiger partial charge in [0.15, 0.2) is 0 Å². The van der Waals surface area contributed by atoms with E-state index in [1.807, 2.05) is 30.3 Å². The molecule has 0 saturated carbocycles. The number of rotatable bonds is 4. The third-order valence-corrected chi connectivity index (χ3v) is 6.39. The van der Waals surface area contributed by atoms with Gasteiger partial charge in [0, 0.05) is 13.1 Å². The lowest BCUT2D eigenvalue weighted by atomic mass is 10.1. The zero-order valence-electron chi connectivity index (χ0n) is 14.0. The molecule has 26 heavy (non-hydrogen) atoms. The third kappa shape index (κ3) is 3.31. The Kier molecular flexibility index (Phi) is 4.39. The minimum atomic E-state index is -3.65. The largest absolute Gasteiger partial charge is 0.375 e. The van der Waals surface area contributed by atoms with Crippen molar-refractivity contribution in [2.45, 2.75) is 17.4 Å². The molecule has 1 atom stereocenters. The van der Waals surface area contributed by atoms with Gasteiger partial charge in [-0.15, -0.1) is 0 Å². The highest BCUT2D eigenvalue weighted by Gasteiger charge is 2.31. The van der Waals surface area contributed by atoms with E-state index in [1.165, 1.54) is 16.4 Å². The lowest BCUT2D eigenvalue weighted by molar-refractivity contribution is -0.000492. The van der Waals surface area contributed by atoms with E-state index < -0.39 is 10.0 Å². The predicted octanol–water partition coefficient (Wildman–Crippen LogP) is 1.49. The van der Waals surface area contributed by atoms with Crippen LogP contribution in [0.3, 0.4) is 0 Å². The van der Waals surface area contributed by atoms with Gasteiger partial charge in [0.2, 0.25) is 10.0 Å². The summed E-state index contributed by atoms with van der Waals surface area (Å²) >= 11 is 0. The number of H-pyrrole nitrogens is 2. The Hall–Kier alpha value is -2.42. The van der Waals surface area contributed by atoms with Crippen LogP contribution in [0.2, 0.25) is 0 Å². The summed E-state index contributed by atoms with van der Waals surface area (Å²) in [5.41, 5.74) is 1.81. The first kappa shape index (κ1) is 17.0. The van der Waals surface area contributed by atoms with Crippen molar-refractivity contribution in [2.24, 2.45) is 0 Å². The van der Waals surface area contributed by atoms with E-state index in [0.29, 0.717) is 37.2 Å². The Bertz CT molecular complexity index is 1070. The van der Waals surface area contributed by atoms with Crippen molar-refractivity contribution in [1.29, 1.82) is 0 Å². The second-order valence-electron chi connectivity index (χ2n) is 6.33. The van der Waals surface area contributed by atoms with Gasteiger partial charge in [-0.2, -0.15) is 4.31 Å². The van der Waals surface area contributed by atoms with E-state index in [-0.39, 0.29) is 16.7 Å². The van der Waals surface area contributed by atoms with Gasteiger partial charge >= 0.3 is 5.69 Å². The summed E-state index contributed by atoms with van der Waals surface area (Å²) in [5.74, 6) is 0. The van der Waals surface area contributed by atoms with Gasteiger partial charge in [0.05, 0.1) is 28.6 Å². The Morgan fingerprint density at radius 2 is 1.85 bits per heavy atom. The summed E-state index contributed by atoms with van der Waals surface area (Å²) in [7, 11) is -3.65. The van der Waals surface area contributed by atoms with Gasteiger partial charge in [-0.3, -0.25) is 0 Å². The highest BCUT2D eigenvalue weighted by Crippen LogP contribution is 2.22. The van der Waals surface area contributed by atoms with Crippen molar-refractivity contribution in [3.63, 3.8) is 0 Å². The fourth-order valence-electron chi connectivity index (χ4n) is 3.23. The first-order valence-electron chi connectivity index (χ1n) is 8.40. The zero-order chi connectivity index (χ0) is 18.1. The van der Waals surface area contributed by atoms with E-state index in [4.69, 9.17) is 4.74 Å². The maximum Gasteiger partial charge on any atom is 0.323 e. The molecule has 1 fully saturated rings. The summed E-state index contributed by atoms with van der Waals surface area (Å²) in [6, 6.07) is 14.5. The maximum atomic E-state index is 13.0. The molecule has 1 aliphatic rings. The van der Waals surface area contributed by atoms with Gasteiger partial charge in [0.1, 0.15) is 0 Å². The molecule has 0 radical (unpaired) electrons. The summed E-state index contributed by atoms with van der Waals surface area (Å²) in [4.78, 5) is 16.8. The van der Waals surface area contributed by atoms with E-state index in [1.54, 1.807) is 6.07 Å². The van der Waals surface area contributed by atoms with Crippen LogP contribution in [0.15, 0.2) is 58.2 Å². The number of benzene rings is 2. The molecule has 1 aromatic heterocycles. The Morgan fingerprint density at radius 3 is 2.65 bits per heavy atom. The summed E-state index contributed by atoms with van der Waals surface area (Å²) < 4.78 is 33.2. The average Bonchev–Trinajstić information content (AvgIpc) is 3.02. The smallest absolute Gasteiger partial charge is 0.323 e. The van der Waals surface area contributed by atoms with Crippen molar-refractivity contribution in [3.8, 4) is 0 Å². The average molecular weight is 373 g/mol. The van der Waals surface area contributed by atoms with Crippen LogP contribution in [-0.2, 0) is 21.2 Å². The highest BCUT2D eigenvalue weighted by molar-refractivity contribution is 7.89. The number of morpholine rings is 1. The second-order valence-corrected chi connectivity index (χ2v) is 8.27. The van der Waals surface area contributed by atoms with Crippen LogP contribution >= 0.6 is 0 Å². The minimum Gasteiger partial charge on any atom is -0.375 e. The topological polar surface area (TPSA) is 95.3 Å². The number of nitrogens with one attached hydrogen (secondary N) is 2. The normalized spacial score (nSPS) is 19.0. The molecular formula is C18H19N3O4S. The number of hydrogen-bond donors (Lipinski definition) is 2. The monoisotopic (exact) mass is 373 g/mol. The van der Waals surface area contributed by atoms with Gasteiger partial charge in [0.25, 0.3) is 0 Å². The molecule has 136 valence electrons. The molecule has 2 N–H and O–H groups in total. The van der Waals surface area contributed by atoms with Gasteiger partial charge in [-0.1, -0.05) is 30.3 Å². The molecule has 0 spiro atoms. The van der Waals surface area contributed by atoms with E-state index >= 15 is 0 Å². The molecule has 1 unspecified atom stereocenters. The van der Waals surface area contributed by atoms with Crippen LogP contribution in [0.4, 0.5) is 0 Å². The molecule has 4 rings (SSSR count). The van der Waals surface area contributed by atoms with E-state index in [2.05, 4.69) is 9.97 Å². The van der Waals surface area contributed by atoms with Crippen LogP contribution in [0.25, 0.3) is 11.0 Å². The standard InChI is InChI=1S/C18H19N3O4S/c22-18-19-16-7-6-15(11-17(16)20-18)26(23,24)21-8-9-25-14(12-21)10-13-4-2-1-3-5-13/h1-7,11,14H,8-10,12H2,(H2,19,20,22). The quantitative estimate of drug-likeness (QED) is 0.724. The molecule has 0 bridgehead atoms. The van der Waals surface area contributed by atoms with Gasteiger partial charge in [-0.05, 0) is 30.2 Å². The lowest BCUT2D eigenvalue weighted by Gasteiger charge is -2.32. The molecule has 2 aromatic carbocycles. The molecule has 8 heteroatoms. The minimum absolute atomic E-state index is 0.167. The predicted molar refractivity (Wildman–Crippen MR) is 97.6 cm³/mol. The molecule has 1 saturated heterocycles. The Balaban J connectivity index is 1.56. The van der Waals surface area contributed by atoms with Crippen molar-refractivity contribution >= 4 is 21.1 Å². The summed E-state index contributed by atoms with van der Waals surface area (Å²) in [6.45, 7) is 0.980. The molecule has 2 heterocycles. The van der Waals surface area contributed by atoms with E-state index in [0.717, 1.165) is 5.56 Å². The summed E-state index contributed by atoms with van der Waals surface area (Å²) in [6.07, 6.45) is 0.480. The Labute approximate surface area is 150 Å². The molecular weight excluding hydrogens is 354 g/mol. The van der Waals surface area contributed by atoms with Gasteiger partial charge < -0.3 is 14.7 Å². The van der Waals surface area contributed by atoms with Crippen LogP contribution in [-0.4, -0.2) is 48.5 Å². The Morgan fingerprint density at radius 1 is 1.08 bits per heavy atom. The van der Waals surface area contributed by atoms with E-state index in [9.17, 15) is 13.2 Å². The number of hydrogen-bond acceptors (Lipinski definition) is 4. The molecule has 3 aromatic rings. The summed E-state index contributed by atoms with van der Waals surface area (Å²) in [5, 5.41) is 0.